The Morgan fingerprint density at radius 2 is 0.786 bits per heavy atom. The van der Waals surface area contributed by atoms with Crippen molar-refractivity contribution < 1.29 is 0 Å². The van der Waals surface area contributed by atoms with Crippen LogP contribution in [0, 0.1) is 5.41 Å². The predicted molar refractivity (Wildman–Crippen MR) is 231 cm³/mol. The summed E-state index contributed by atoms with van der Waals surface area (Å²) in [6.45, 7) is 0. The van der Waals surface area contributed by atoms with Crippen molar-refractivity contribution >= 4 is 22.1 Å². The molecule has 0 saturated carbocycles. The van der Waals surface area contributed by atoms with Crippen LogP contribution >= 0.6 is 0 Å². The van der Waals surface area contributed by atoms with Gasteiger partial charge in [0, 0.05) is 16.7 Å². The topological polar surface area (TPSA) is 62.5 Å². The molecule has 4 nitrogen and oxygen atoms in total. The number of hydrogen-bond acceptors (Lipinski definition) is 4. The van der Waals surface area contributed by atoms with Gasteiger partial charge in [-0.2, -0.15) is 0 Å². The summed E-state index contributed by atoms with van der Waals surface area (Å²) in [5, 5.41) is 11.3. The van der Waals surface area contributed by atoms with Crippen LogP contribution < -0.4 is 0 Å². The third-order valence-corrected chi connectivity index (χ3v) is 9.98. The molecule has 0 spiro atoms. The Morgan fingerprint density at radius 3 is 1.36 bits per heavy atom. The number of hydrogen-bond donors (Lipinski definition) is 1. The van der Waals surface area contributed by atoms with Gasteiger partial charge in [0.1, 0.15) is 0 Å². The fourth-order valence-corrected chi connectivity index (χ4v) is 7.12. The molecule has 0 radical (unpaired) electrons. The summed E-state index contributed by atoms with van der Waals surface area (Å²) in [4.78, 5) is 14.8. The van der Waals surface area contributed by atoms with Gasteiger partial charge in [-0.1, -0.05) is 188 Å². The minimum Gasteiger partial charge on any atom is -0.300 e. The standard InChI is InChI=1S/C52H36N4/c53-49(38-18-7-2-8-19-38)35-48(36-16-5-1-6-17-36)46-29-15-24-37-30-31-44(34-47(37)46)42-26-13-25-41(32-42)43-27-14-28-45(33-43)52-55-50(39-20-9-3-10-21-39)54-51(56-52)40-22-11-4-12-23-40/h1-35,53H/b48-35-,53-49?. The molecule has 0 bridgehead atoms. The van der Waals surface area contributed by atoms with Crippen LogP contribution in [0.3, 0.4) is 0 Å². The van der Waals surface area contributed by atoms with E-state index in [1.54, 1.807) is 0 Å². The van der Waals surface area contributed by atoms with Gasteiger partial charge in [-0.15, -0.1) is 0 Å². The van der Waals surface area contributed by atoms with E-state index in [1.807, 2.05) is 103 Å². The number of benzene rings is 8. The Bertz CT molecular complexity index is 2790. The Hall–Kier alpha value is -7.56. The molecule has 1 N–H and O–H groups in total. The van der Waals surface area contributed by atoms with E-state index >= 15 is 0 Å². The van der Waals surface area contributed by atoms with Gasteiger partial charge in [-0.3, -0.25) is 0 Å². The average molecular weight is 717 g/mol. The molecule has 0 saturated heterocycles. The fraction of sp³-hybridized carbons (Fsp3) is 0. The third-order valence-electron chi connectivity index (χ3n) is 9.98. The van der Waals surface area contributed by atoms with Crippen molar-refractivity contribution in [2.24, 2.45) is 0 Å². The van der Waals surface area contributed by atoms with E-state index in [0.717, 1.165) is 72.0 Å². The first-order valence-corrected chi connectivity index (χ1v) is 18.7. The van der Waals surface area contributed by atoms with E-state index in [0.29, 0.717) is 23.2 Å². The Balaban J connectivity index is 1.10. The molecule has 0 aliphatic heterocycles. The molecule has 0 fully saturated rings. The molecule has 56 heavy (non-hydrogen) atoms. The lowest BCUT2D eigenvalue weighted by atomic mass is 9.89. The molecular weight excluding hydrogens is 681 g/mol. The second-order valence-electron chi connectivity index (χ2n) is 13.6. The van der Waals surface area contributed by atoms with Crippen molar-refractivity contribution in [3.8, 4) is 56.4 Å². The Labute approximate surface area is 326 Å². The first-order valence-electron chi connectivity index (χ1n) is 18.7. The van der Waals surface area contributed by atoms with Gasteiger partial charge < -0.3 is 5.41 Å². The third kappa shape index (κ3) is 7.20. The van der Waals surface area contributed by atoms with Gasteiger partial charge in [-0.25, -0.2) is 15.0 Å². The monoisotopic (exact) mass is 716 g/mol. The molecule has 1 heterocycles. The second-order valence-corrected chi connectivity index (χ2v) is 13.6. The molecule has 9 rings (SSSR count). The second kappa shape index (κ2) is 15.4. The van der Waals surface area contributed by atoms with E-state index in [4.69, 9.17) is 20.4 Å². The Kier molecular flexibility index (Phi) is 9.43. The molecule has 0 amide bonds. The van der Waals surface area contributed by atoms with Crippen LogP contribution in [0.4, 0.5) is 0 Å². The molecule has 0 aliphatic carbocycles. The van der Waals surface area contributed by atoms with Crippen molar-refractivity contribution in [3.63, 3.8) is 0 Å². The highest BCUT2D eigenvalue weighted by molar-refractivity contribution is 6.13. The van der Waals surface area contributed by atoms with E-state index in [-0.39, 0.29) is 0 Å². The largest absolute Gasteiger partial charge is 0.300 e. The van der Waals surface area contributed by atoms with Crippen LogP contribution in [0.2, 0.25) is 0 Å². The number of nitrogens with one attached hydrogen (secondary N) is 1. The molecule has 9 aromatic rings. The van der Waals surface area contributed by atoms with Crippen LogP contribution in [-0.4, -0.2) is 20.7 Å². The zero-order valence-corrected chi connectivity index (χ0v) is 30.5. The SMILES string of the molecule is N=C(/C=C(/c1ccccc1)c1cccc2ccc(-c3cccc(-c4cccc(-c5nc(-c6ccccc6)nc(-c6ccccc6)n5)c4)c3)cc12)c1ccccc1. The van der Waals surface area contributed by atoms with Crippen LogP contribution in [-0.2, 0) is 0 Å². The smallest absolute Gasteiger partial charge is 0.164 e. The number of nitrogens with zero attached hydrogens (tertiary/aromatic N) is 3. The minimum atomic E-state index is 0.470. The summed E-state index contributed by atoms with van der Waals surface area (Å²) in [5.41, 5.74) is 11.7. The summed E-state index contributed by atoms with van der Waals surface area (Å²) in [7, 11) is 0. The average Bonchev–Trinajstić information content (AvgIpc) is 3.29. The summed E-state index contributed by atoms with van der Waals surface area (Å²) in [6.07, 6.45) is 2.00. The highest BCUT2D eigenvalue weighted by atomic mass is 15.0. The molecule has 0 aliphatic rings. The molecule has 4 heteroatoms. The zero-order valence-electron chi connectivity index (χ0n) is 30.5. The molecule has 8 aromatic carbocycles. The minimum absolute atomic E-state index is 0.470. The molecule has 0 unspecified atom stereocenters. The van der Waals surface area contributed by atoms with Crippen molar-refractivity contribution in [1.29, 1.82) is 5.41 Å². The first-order chi connectivity index (χ1) is 27.7. The van der Waals surface area contributed by atoms with E-state index in [2.05, 4.69) is 109 Å². The lowest BCUT2D eigenvalue weighted by molar-refractivity contribution is 1.07. The predicted octanol–water partition coefficient (Wildman–Crippen LogP) is 12.9. The number of fused-ring (bicyclic) bond motifs is 1. The van der Waals surface area contributed by atoms with Gasteiger partial charge in [0.15, 0.2) is 17.5 Å². The van der Waals surface area contributed by atoms with Crippen LogP contribution in [0.5, 0.6) is 0 Å². The van der Waals surface area contributed by atoms with E-state index in [1.165, 1.54) is 0 Å². The van der Waals surface area contributed by atoms with Gasteiger partial charge in [0.25, 0.3) is 0 Å². The number of aromatic nitrogens is 3. The lowest BCUT2D eigenvalue weighted by Crippen LogP contribution is -2.00. The number of rotatable bonds is 9. The number of allylic oxidation sites excluding steroid dienone is 1. The highest BCUT2D eigenvalue weighted by Crippen LogP contribution is 2.35. The van der Waals surface area contributed by atoms with Crippen molar-refractivity contribution in [2.75, 3.05) is 0 Å². The molecule has 264 valence electrons. The first kappa shape index (κ1) is 34.2. The summed E-state index contributed by atoms with van der Waals surface area (Å²) in [5.74, 6) is 1.90. The fourth-order valence-electron chi connectivity index (χ4n) is 7.12. The summed E-state index contributed by atoms with van der Waals surface area (Å²) >= 11 is 0. The van der Waals surface area contributed by atoms with E-state index < -0.39 is 0 Å². The van der Waals surface area contributed by atoms with Crippen molar-refractivity contribution in [3.05, 3.63) is 229 Å². The molecular formula is C52H36N4. The summed E-state index contributed by atoms with van der Waals surface area (Å²) < 4.78 is 0. The highest BCUT2D eigenvalue weighted by Gasteiger charge is 2.15. The van der Waals surface area contributed by atoms with Gasteiger partial charge in [-0.05, 0) is 79.6 Å². The maximum atomic E-state index is 9.03. The van der Waals surface area contributed by atoms with Gasteiger partial charge in [0.05, 0.1) is 5.71 Å². The van der Waals surface area contributed by atoms with Crippen LogP contribution in [0.15, 0.2) is 212 Å². The van der Waals surface area contributed by atoms with Crippen molar-refractivity contribution in [2.45, 2.75) is 0 Å². The molecule has 0 atom stereocenters. The van der Waals surface area contributed by atoms with Gasteiger partial charge in [0.2, 0.25) is 0 Å². The Morgan fingerprint density at radius 1 is 0.357 bits per heavy atom. The maximum absolute atomic E-state index is 9.03. The maximum Gasteiger partial charge on any atom is 0.164 e. The lowest BCUT2D eigenvalue weighted by Gasteiger charge is -2.14. The zero-order chi connectivity index (χ0) is 37.7. The quantitative estimate of drug-likeness (QED) is 0.151. The normalized spacial score (nSPS) is 11.4. The van der Waals surface area contributed by atoms with Gasteiger partial charge >= 0.3 is 0 Å². The molecule has 1 aromatic heterocycles. The summed E-state index contributed by atoms with van der Waals surface area (Å²) in [6, 6.07) is 70.6. The van der Waals surface area contributed by atoms with Crippen LogP contribution in [0.1, 0.15) is 16.7 Å². The van der Waals surface area contributed by atoms with Crippen molar-refractivity contribution in [1.82, 2.24) is 15.0 Å². The van der Waals surface area contributed by atoms with Crippen LogP contribution in [0.25, 0.3) is 72.8 Å². The van der Waals surface area contributed by atoms with E-state index in [9.17, 15) is 0 Å².